The smallest absolute Gasteiger partial charge is 0.243 e. The predicted octanol–water partition coefficient (Wildman–Crippen LogP) is 1.90. The molecule has 2 N–H and O–H groups in total. The van der Waals surface area contributed by atoms with Gasteiger partial charge in [-0.15, -0.1) is 0 Å². The minimum atomic E-state index is -0.124. The zero-order valence-electron chi connectivity index (χ0n) is 10.1. The van der Waals surface area contributed by atoms with Gasteiger partial charge < -0.3 is 15.0 Å². The fraction of sp³-hybridized carbons (Fsp3) is 0.833. The second-order valence-electron chi connectivity index (χ2n) is 5.10. The Balaban J connectivity index is 1.72. The second-order valence-corrected chi connectivity index (χ2v) is 5.10. The highest BCUT2D eigenvalue weighted by Gasteiger charge is 2.43. The zero-order chi connectivity index (χ0) is 11.8. The number of hydrogen-bond donors (Lipinski definition) is 1. The summed E-state index contributed by atoms with van der Waals surface area (Å²) < 4.78 is 11.1. The van der Waals surface area contributed by atoms with Crippen molar-refractivity contribution in [2.45, 2.75) is 63.2 Å². The van der Waals surface area contributed by atoms with Gasteiger partial charge in [-0.3, -0.25) is 0 Å². The van der Waals surface area contributed by atoms with Crippen LogP contribution in [0.15, 0.2) is 4.52 Å². The number of hydrogen-bond acceptors (Lipinski definition) is 5. The van der Waals surface area contributed by atoms with Gasteiger partial charge in [0.1, 0.15) is 0 Å². The van der Waals surface area contributed by atoms with Crippen molar-refractivity contribution in [1.82, 2.24) is 10.1 Å². The molecule has 0 amide bonds. The number of aromatic nitrogens is 2. The first-order valence-electron chi connectivity index (χ1n) is 6.52. The zero-order valence-corrected chi connectivity index (χ0v) is 10.1. The van der Waals surface area contributed by atoms with Gasteiger partial charge in [0, 0.05) is 0 Å². The van der Waals surface area contributed by atoms with E-state index < -0.39 is 0 Å². The molecule has 3 heterocycles. The lowest BCUT2D eigenvalue weighted by Crippen LogP contribution is -2.16. The Kier molecular flexibility index (Phi) is 2.88. The van der Waals surface area contributed by atoms with Gasteiger partial charge in [-0.05, 0) is 25.7 Å². The fourth-order valence-electron chi connectivity index (χ4n) is 2.89. The van der Waals surface area contributed by atoms with E-state index in [0.29, 0.717) is 24.0 Å². The SMILES string of the molecule is CCC[C@@H](N)c1nc(C2CC3CCC2O3)no1. The lowest BCUT2D eigenvalue weighted by atomic mass is 9.89. The lowest BCUT2D eigenvalue weighted by Gasteiger charge is -2.13. The molecule has 0 spiro atoms. The Bertz CT molecular complexity index is 393. The monoisotopic (exact) mass is 237 g/mol. The summed E-state index contributed by atoms with van der Waals surface area (Å²) in [6.07, 6.45) is 5.96. The van der Waals surface area contributed by atoms with Crippen LogP contribution in [-0.4, -0.2) is 22.3 Å². The Morgan fingerprint density at radius 1 is 1.47 bits per heavy atom. The summed E-state index contributed by atoms with van der Waals surface area (Å²) in [5.74, 6) is 1.68. The Morgan fingerprint density at radius 2 is 2.35 bits per heavy atom. The molecule has 17 heavy (non-hydrogen) atoms. The van der Waals surface area contributed by atoms with E-state index in [1.165, 1.54) is 6.42 Å². The molecule has 4 atom stereocenters. The molecule has 2 fully saturated rings. The van der Waals surface area contributed by atoms with Crippen LogP contribution in [0.4, 0.5) is 0 Å². The third kappa shape index (κ3) is 1.98. The topological polar surface area (TPSA) is 74.2 Å². The number of rotatable bonds is 4. The summed E-state index contributed by atoms with van der Waals surface area (Å²) in [5.41, 5.74) is 5.97. The van der Waals surface area contributed by atoms with Gasteiger partial charge in [-0.1, -0.05) is 18.5 Å². The molecule has 5 heteroatoms. The Labute approximate surface area is 101 Å². The van der Waals surface area contributed by atoms with Crippen LogP contribution in [0.2, 0.25) is 0 Å². The standard InChI is InChI=1S/C12H19N3O2/c1-2-3-9(13)12-14-11(15-17-12)8-6-7-4-5-10(8)16-7/h7-10H,2-6,13H2,1H3/t7?,8?,9-,10?/m1/s1. The average molecular weight is 237 g/mol. The van der Waals surface area contributed by atoms with E-state index >= 15 is 0 Å². The molecule has 3 rings (SSSR count). The summed E-state index contributed by atoms with van der Waals surface area (Å²) in [4.78, 5) is 4.45. The Morgan fingerprint density at radius 3 is 3.00 bits per heavy atom. The molecule has 0 aliphatic carbocycles. The maximum absolute atomic E-state index is 5.97. The van der Waals surface area contributed by atoms with Gasteiger partial charge in [0.15, 0.2) is 5.82 Å². The molecule has 2 aliphatic rings. The van der Waals surface area contributed by atoms with Gasteiger partial charge in [-0.2, -0.15) is 4.98 Å². The lowest BCUT2D eigenvalue weighted by molar-refractivity contribution is 0.0996. The molecule has 0 aromatic carbocycles. The summed E-state index contributed by atoms with van der Waals surface area (Å²) in [5, 5.41) is 4.07. The molecule has 94 valence electrons. The molecule has 2 aliphatic heterocycles. The van der Waals surface area contributed by atoms with Crippen molar-refractivity contribution in [1.29, 1.82) is 0 Å². The second kappa shape index (κ2) is 4.38. The molecule has 1 aromatic heterocycles. The van der Waals surface area contributed by atoms with Crippen LogP contribution in [0, 0.1) is 0 Å². The molecular weight excluding hydrogens is 218 g/mol. The van der Waals surface area contributed by atoms with Crippen molar-refractivity contribution >= 4 is 0 Å². The normalized spacial score (nSPS) is 33.2. The van der Waals surface area contributed by atoms with Crippen LogP contribution in [0.5, 0.6) is 0 Å². The van der Waals surface area contributed by atoms with Crippen molar-refractivity contribution in [3.63, 3.8) is 0 Å². The van der Waals surface area contributed by atoms with Crippen LogP contribution in [0.25, 0.3) is 0 Å². The van der Waals surface area contributed by atoms with Crippen LogP contribution >= 0.6 is 0 Å². The van der Waals surface area contributed by atoms with Crippen molar-refractivity contribution in [2.24, 2.45) is 5.73 Å². The van der Waals surface area contributed by atoms with E-state index in [9.17, 15) is 0 Å². The van der Waals surface area contributed by atoms with Crippen LogP contribution in [0.1, 0.15) is 62.7 Å². The minimum Gasteiger partial charge on any atom is -0.374 e. The summed E-state index contributed by atoms with van der Waals surface area (Å²) >= 11 is 0. The minimum absolute atomic E-state index is 0.124. The maximum atomic E-state index is 5.97. The molecule has 0 saturated carbocycles. The van der Waals surface area contributed by atoms with Crippen molar-refractivity contribution in [2.75, 3.05) is 0 Å². The quantitative estimate of drug-likeness (QED) is 0.865. The molecule has 1 aromatic rings. The first-order chi connectivity index (χ1) is 8.28. The molecule has 0 radical (unpaired) electrons. The van der Waals surface area contributed by atoms with E-state index in [-0.39, 0.29) is 6.04 Å². The molecule has 2 saturated heterocycles. The fourth-order valence-corrected chi connectivity index (χ4v) is 2.89. The summed E-state index contributed by atoms with van der Waals surface area (Å²) in [6, 6.07) is -0.124. The molecule has 2 bridgehead atoms. The molecular formula is C12H19N3O2. The van der Waals surface area contributed by atoms with Crippen molar-refractivity contribution < 1.29 is 9.26 Å². The van der Waals surface area contributed by atoms with Gasteiger partial charge in [0.05, 0.1) is 24.2 Å². The third-order valence-electron chi connectivity index (χ3n) is 3.81. The van der Waals surface area contributed by atoms with Gasteiger partial charge >= 0.3 is 0 Å². The number of nitrogens with two attached hydrogens (primary N) is 1. The van der Waals surface area contributed by atoms with E-state index in [1.54, 1.807) is 0 Å². The number of ether oxygens (including phenoxy) is 1. The largest absolute Gasteiger partial charge is 0.374 e. The van der Waals surface area contributed by atoms with Crippen molar-refractivity contribution in [3.05, 3.63) is 11.7 Å². The Hall–Kier alpha value is -0.940. The van der Waals surface area contributed by atoms with E-state index in [2.05, 4.69) is 17.1 Å². The molecule has 5 nitrogen and oxygen atoms in total. The van der Waals surface area contributed by atoms with Gasteiger partial charge in [-0.25, -0.2) is 0 Å². The third-order valence-corrected chi connectivity index (χ3v) is 3.81. The van der Waals surface area contributed by atoms with Gasteiger partial charge in [0.2, 0.25) is 5.89 Å². The van der Waals surface area contributed by atoms with Crippen LogP contribution in [-0.2, 0) is 4.74 Å². The summed E-state index contributed by atoms with van der Waals surface area (Å²) in [7, 11) is 0. The van der Waals surface area contributed by atoms with E-state index in [0.717, 1.165) is 31.5 Å². The predicted molar refractivity (Wildman–Crippen MR) is 61.4 cm³/mol. The van der Waals surface area contributed by atoms with E-state index in [4.69, 9.17) is 15.0 Å². The average Bonchev–Trinajstić information content (AvgIpc) is 3.05. The maximum Gasteiger partial charge on any atom is 0.243 e. The number of nitrogens with zero attached hydrogens (tertiary/aromatic N) is 2. The van der Waals surface area contributed by atoms with Crippen molar-refractivity contribution in [3.8, 4) is 0 Å². The first kappa shape index (κ1) is 11.2. The van der Waals surface area contributed by atoms with Gasteiger partial charge in [0.25, 0.3) is 0 Å². The highest BCUT2D eigenvalue weighted by molar-refractivity contribution is 5.07. The summed E-state index contributed by atoms with van der Waals surface area (Å²) in [6.45, 7) is 2.10. The first-order valence-corrected chi connectivity index (χ1v) is 6.52. The van der Waals surface area contributed by atoms with Crippen LogP contribution < -0.4 is 5.73 Å². The highest BCUT2D eigenvalue weighted by atomic mass is 16.5. The molecule has 3 unspecified atom stereocenters. The van der Waals surface area contributed by atoms with Crippen LogP contribution in [0.3, 0.4) is 0 Å². The van der Waals surface area contributed by atoms with E-state index in [1.807, 2.05) is 0 Å². The highest BCUT2D eigenvalue weighted by Crippen LogP contribution is 2.43. The number of fused-ring (bicyclic) bond motifs is 2.